The third-order valence-electron chi connectivity index (χ3n) is 1.84. The molecule has 0 saturated carbocycles. The van der Waals surface area contributed by atoms with Gasteiger partial charge in [0, 0.05) is 26.1 Å². The Balaban J connectivity index is 3.84. The fraction of sp³-hybridized carbons (Fsp3) is 0.889. The van der Waals surface area contributed by atoms with Gasteiger partial charge in [-0.05, 0) is 5.92 Å². The third kappa shape index (κ3) is 6.65. The molecule has 14 heavy (non-hydrogen) atoms. The number of halogens is 1. The summed E-state index contributed by atoms with van der Waals surface area (Å²) in [6.45, 7) is 5.68. The van der Waals surface area contributed by atoms with Gasteiger partial charge in [-0.2, -0.15) is 0 Å². The molecule has 0 aromatic rings. The van der Waals surface area contributed by atoms with Crippen LogP contribution < -0.4 is 5.73 Å². The zero-order valence-corrected chi connectivity index (χ0v) is 8.91. The van der Waals surface area contributed by atoms with Crippen LogP contribution in [0.15, 0.2) is 5.16 Å². The van der Waals surface area contributed by atoms with Gasteiger partial charge in [-0.25, -0.2) is 4.39 Å². The number of hydrogen-bond donors (Lipinski definition) is 2. The Bertz CT molecular complexity index is 173. The first-order chi connectivity index (χ1) is 6.60. The lowest BCUT2D eigenvalue weighted by Crippen LogP contribution is -2.33. The highest BCUT2D eigenvalue weighted by Gasteiger charge is 2.07. The average Bonchev–Trinajstić information content (AvgIpc) is 2.13. The van der Waals surface area contributed by atoms with Gasteiger partial charge in [0.05, 0.1) is 0 Å². The summed E-state index contributed by atoms with van der Waals surface area (Å²) in [6, 6.07) is 0. The monoisotopic (exact) mass is 205 g/mol. The second-order valence-electron chi connectivity index (χ2n) is 3.72. The minimum absolute atomic E-state index is 0.192. The lowest BCUT2D eigenvalue weighted by molar-refractivity contribution is 0.228. The smallest absolute Gasteiger partial charge is 0.140 e. The van der Waals surface area contributed by atoms with E-state index < -0.39 is 0 Å². The molecule has 0 aromatic carbocycles. The normalized spacial score (nSPS) is 12.8. The summed E-state index contributed by atoms with van der Waals surface area (Å²) < 4.78 is 12.1. The van der Waals surface area contributed by atoms with Crippen molar-refractivity contribution in [2.75, 3.05) is 26.3 Å². The molecule has 0 radical (unpaired) electrons. The van der Waals surface area contributed by atoms with E-state index in [4.69, 9.17) is 10.9 Å². The van der Waals surface area contributed by atoms with Crippen molar-refractivity contribution in [2.45, 2.75) is 20.3 Å². The standard InChI is InChI=1S/C9H20FN3O/c1-8(2)7-13(6-4-10)5-3-9(11)12-14/h8,14H,3-7H2,1-2H3,(H2,11,12). The van der Waals surface area contributed by atoms with E-state index in [9.17, 15) is 4.39 Å². The number of rotatable bonds is 7. The molecular weight excluding hydrogens is 185 g/mol. The van der Waals surface area contributed by atoms with Crippen LogP contribution in [0, 0.1) is 5.92 Å². The van der Waals surface area contributed by atoms with E-state index >= 15 is 0 Å². The fourth-order valence-electron chi connectivity index (χ4n) is 1.25. The zero-order chi connectivity index (χ0) is 11.0. The van der Waals surface area contributed by atoms with Crippen LogP contribution in [0.2, 0.25) is 0 Å². The number of oxime groups is 1. The van der Waals surface area contributed by atoms with Crippen molar-refractivity contribution in [3.63, 3.8) is 0 Å². The number of amidine groups is 1. The molecule has 5 heteroatoms. The summed E-state index contributed by atoms with van der Waals surface area (Å²) >= 11 is 0. The highest BCUT2D eigenvalue weighted by atomic mass is 19.1. The molecule has 3 N–H and O–H groups in total. The molecule has 0 atom stereocenters. The van der Waals surface area contributed by atoms with Crippen LogP contribution in [0.4, 0.5) is 4.39 Å². The fourth-order valence-corrected chi connectivity index (χ4v) is 1.25. The van der Waals surface area contributed by atoms with Crippen LogP contribution in [-0.4, -0.2) is 42.3 Å². The Hall–Kier alpha value is -0.840. The van der Waals surface area contributed by atoms with Crippen molar-refractivity contribution < 1.29 is 9.60 Å². The average molecular weight is 205 g/mol. The molecule has 0 aliphatic carbocycles. The summed E-state index contributed by atoms with van der Waals surface area (Å²) in [4.78, 5) is 1.97. The number of hydrogen-bond acceptors (Lipinski definition) is 3. The first kappa shape index (κ1) is 13.2. The maximum atomic E-state index is 12.1. The van der Waals surface area contributed by atoms with Crippen molar-refractivity contribution >= 4 is 5.84 Å². The van der Waals surface area contributed by atoms with Crippen molar-refractivity contribution in [1.29, 1.82) is 0 Å². The van der Waals surface area contributed by atoms with Crippen molar-refractivity contribution in [3.8, 4) is 0 Å². The molecule has 0 saturated heterocycles. The second kappa shape index (κ2) is 7.55. The molecule has 0 bridgehead atoms. The van der Waals surface area contributed by atoms with Gasteiger partial charge < -0.3 is 15.8 Å². The van der Waals surface area contributed by atoms with Gasteiger partial charge >= 0.3 is 0 Å². The van der Waals surface area contributed by atoms with E-state index in [1.807, 2.05) is 4.90 Å². The Morgan fingerprint density at radius 2 is 2.14 bits per heavy atom. The van der Waals surface area contributed by atoms with Crippen LogP contribution in [0.3, 0.4) is 0 Å². The van der Waals surface area contributed by atoms with E-state index in [0.717, 1.165) is 6.54 Å². The maximum absolute atomic E-state index is 12.1. The van der Waals surface area contributed by atoms with Gasteiger partial charge in [-0.3, -0.25) is 0 Å². The van der Waals surface area contributed by atoms with Gasteiger partial charge in [0.25, 0.3) is 0 Å². The van der Waals surface area contributed by atoms with Gasteiger partial charge in [0.2, 0.25) is 0 Å². The van der Waals surface area contributed by atoms with Crippen LogP contribution in [0.1, 0.15) is 20.3 Å². The summed E-state index contributed by atoms with van der Waals surface area (Å²) in [6.07, 6.45) is 0.475. The van der Waals surface area contributed by atoms with Gasteiger partial charge in [-0.1, -0.05) is 19.0 Å². The Morgan fingerprint density at radius 1 is 1.50 bits per heavy atom. The molecule has 0 aliphatic heterocycles. The van der Waals surface area contributed by atoms with E-state index in [1.54, 1.807) is 0 Å². The molecule has 0 rings (SSSR count). The van der Waals surface area contributed by atoms with E-state index in [0.29, 0.717) is 25.4 Å². The zero-order valence-electron chi connectivity index (χ0n) is 8.91. The summed E-state index contributed by atoms with van der Waals surface area (Å²) in [5, 5.41) is 11.2. The molecule has 0 aromatic heterocycles. The van der Waals surface area contributed by atoms with E-state index in [-0.39, 0.29) is 12.5 Å². The van der Waals surface area contributed by atoms with Crippen LogP contribution >= 0.6 is 0 Å². The summed E-state index contributed by atoms with van der Waals surface area (Å²) in [5.74, 6) is 0.687. The molecule has 0 spiro atoms. The predicted molar refractivity (Wildman–Crippen MR) is 55.3 cm³/mol. The largest absolute Gasteiger partial charge is 0.409 e. The molecule has 84 valence electrons. The van der Waals surface area contributed by atoms with Crippen LogP contribution in [0.5, 0.6) is 0 Å². The minimum atomic E-state index is -0.358. The van der Waals surface area contributed by atoms with Gasteiger partial charge in [0.1, 0.15) is 12.5 Å². The molecule has 0 amide bonds. The minimum Gasteiger partial charge on any atom is -0.409 e. The topological polar surface area (TPSA) is 61.8 Å². The Kier molecular flexibility index (Phi) is 7.10. The number of alkyl halides is 1. The van der Waals surface area contributed by atoms with Gasteiger partial charge in [0.15, 0.2) is 0 Å². The second-order valence-corrected chi connectivity index (χ2v) is 3.72. The first-order valence-corrected chi connectivity index (χ1v) is 4.84. The quantitative estimate of drug-likeness (QED) is 0.283. The highest BCUT2D eigenvalue weighted by Crippen LogP contribution is 1.99. The molecule has 0 unspecified atom stereocenters. The highest BCUT2D eigenvalue weighted by molar-refractivity contribution is 5.79. The molecule has 0 aliphatic rings. The van der Waals surface area contributed by atoms with Crippen molar-refractivity contribution in [3.05, 3.63) is 0 Å². The van der Waals surface area contributed by atoms with Gasteiger partial charge in [-0.15, -0.1) is 0 Å². The molecule has 0 fully saturated rings. The molecular formula is C9H20FN3O. The first-order valence-electron chi connectivity index (χ1n) is 4.84. The summed E-state index contributed by atoms with van der Waals surface area (Å²) in [5.41, 5.74) is 5.33. The third-order valence-corrected chi connectivity index (χ3v) is 1.84. The van der Waals surface area contributed by atoms with E-state index in [2.05, 4.69) is 19.0 Å². The summed E-state index contributed by atoms with van der Waals surface area (Å²) in [7, 11) is 0. The van der Waals surface area contributed by atoms with E-state index in [1.165, 1.54) is 0 Å². The van der Waals surface area contributed by atoms with Crippen molar-refractivity contribution in [2.24, 2.45) is 16.8 Å². The molecule has 0 heterocycles. The number of nitrogens with two attached hydrogens (primary N) is 1. The predicted octanol–water partition coefficient (Wildman–Crippen LogP) is 1.05. The lowest BCUT2D eigenvalue weighted by Gasteiger charge is -2.22. The van der Waals surface area contributed by atoms with Crippen LogP contribution in [0.25, 0.3) is 0 Å². The van der Waals surface area contributed by atoms with Crippen molar-refractivity contribution in [1.82, 2.24) is 4.90 Å². The number of nitrogens with zero attached hydrogens (tertiary/aromatic N) is 2. The lowest BCUT2D eigenvalue weighted by atomic mass is 10.2. The SMILES string of the molecule is CC(C)CN(CCF)CCC(N)=NO. The Morgan fingerprint density at radius 3 is 2.57 bits per heavy atom. The van der Waals surface area contributed by atoms with Crippen LogP contribution in [-0.2, 0) is 0 Å². The maximum Gasteiger partial charge on any atom is 0.140 e. The Labute approximate surface area is 84.6 Å². The molecule has 4 nitrogen and oxygen atoms in total.